The number of fused-ring (bicyclic) bond motifs is 1. The third-order valence-electron chi connectivity index (χ3n) is 6.48. The number of aromatic nitrogens is 1. The number of rotatable bonds is 8. The molecule has 0 aliphatic carbocycles. The number of hydrogen-bond acceptors (Lipinski definition) is 6. The Labute approximate surface area is 212 Å². The van der Waals surface area contributed by atoms with Gasteiger partial charge in [-0.1, -0.05) is 23.7 Å². The molecule has 0 saturated carbocycles. The van der Waals surface area contributed by atoms with E-state index in [1.165, 1.54) is 7.05 Å². The van der Waals surface area contributed by atoms with Crippen molar-refractivity contribution >= 4 is 40.5 Å². The molecule has 10 nitrogen and oxygen atoms in total. The Balaban J connectivity index is 1.32. The van der Waals surface area contributed by atoms with E-state index in [1.807, 2.05) is 0 Å². The van der Waals surface area contributed by atoms with E-state index in [1.54, 1.807) is 47.4 Å². The molecule has 4 rings (SSSR count). The van der Waals surface area contributed by atoms with Crippen molar-refractivity contribution in [2.75, 3.05) is 39.8 Å². The number of amides is 2. The first-order valence-electron chi connectivity index (χ1n) is 11.6. The van der Waals surface area contributed by atoms with Gasteiger partial charge in [0, 0.05) is 63.2 Å². The molecule has 3 aromatic rings. The zero-order valence-electron chi connectivity index (χ0n) is 19.8. The van der Waals surface area contributed by atoms with Crippen molar-refractivity contribution in [1.82, 2.24) is 19.7 Å². The molecular weight excluding hydrogens is 488 g/mol. The van der Waals surface area contributed by atoms with E-state index in [9.17, 15) is 24.3 Å². The van der Waals surface area contributed by atoms with Crippen molar-refractivity contribution in [2.45, 2.75) is 18.9 Å². The monoisotopic (exact) mass is 514 g/mol. The molecular formula is C25H27ClN4O6. The molecule has 0 bridgehead atoms. The van der Waals surface area contributed by atoms with Crippen molar-refractivity contribution in [2.24, 2.45) is 0 Å². The Morgan fingerprint density at radius 1 is 1.11 bits per heavy atom. The fourth-order valence-corrected chi connectivity index (χ4v) is 4.42. The zero-order valence-corrected chi connectivity index (χ0v) is 20.5. The van der Waals surface area contributed by atoms with Gasteiger partial charge in [-0.05, 0) is 35.9 Å². The summed E-state index contributed by atoms with van der Waals surface area (Å²) < 4.78 is 5.02. The molecule has 2 amide bonds. The summed E-state index contributed by atoms with van der Waals surface area (Å²) in [6.45, 7) is 2.57. The number of carbonyl (C=O) groups is 3. The Morgan fingerprint density at radius 3 is 2.47 bits per heavy atom. The van der Waals surface area contributed by atoms with Gasteiger partial charge >= 0.3 is 11.8 Å². The van der Waals surface area contributed by atoms with Crippen molar-refractivity contribution in [3.8, 4) is 0 Å². The quantitative estimate of drug-likeness (QED) is 0.442. The van der Waals surface area contributed by atoms with Crippen molar-refractivity contribution < 1.29 is 23.9 Å². The largest absolute Gasteiger partial charge is 0.465 e. The highest BCUT2D eigenvalue weighted by Crippen LogP contribution is 2.17. The van der Waals surface area contributed by atoms with Gasteiger partial charge in [0.1, 0.15) is 6.04 Å². The van der Waals surface area contributed by atoms with Crippen LogP contribution in [0.15, 0.2) is 51.7 Å². The third kappa shape index (κ3) is 5.95. The highest BCUT2D eigenvalue weighted by molar-refractivity contribution is 6.30. The Hall–Kier alpha value is -3.63. The number of aromatic amines is 1. The number of H-pyrrole nitrogens is 1. The van der Waals surface area contributed by atoms with Crippen LogP contribution in [0.4, 0.5) is 4.79 Å². The molecule has 190 valence electrons. The van der Waals surface area contributed by atoms with Crippen LogP contribution in [0.3, 0.4) is 0 Å². The van der Waals surface area contributed by atoms with Crippen LogP contribution in [0.5, 0.6) is 0 Å². The highest BCUT2D eigenvalue weighted by atomic mass is 35.5. The standard InChI is InChI=1S/C25H27ClN4O6/c1-28(25(34)35)20(14-16-2-5-18(26)6-3-16)23(32)30-12-10-29(11-13-30)9-8-21(31)17-4-7-19-22(15-17)36-24(33)27-19/h2-7,15,20H,8-14H2,1H3,(H,27,33)(H,34,35)/t20-/m1/s1. The van der Waals surface area contributed by atoms with Gasteiger partial charge in [0.25, 0.3) is 0 Å². The van der Waals surface area contributed by atoms with Crippen molar-refractivity contribution in [3.05, 3.63) is 69.2 Å². The number of nitrogens with one attached hydrogen (secondary N) is 1. The first kappa shape index (κ1) is 25.5. The lowest BCUT2D eigenvalue weighted by Crippen LogP contribution is -2.55. The molecule has 11 heteroatoms. The van der Waals surface area contributed by atoms with Crippen LogP contribution in [0.25, 0.3) is 11.1 Å². The predicted octanol–water partition coefficient (Wildman–Crippen LogP) is 2.71. The number of carbonyl (C=O) groups excluding carboxylic acids is 2. The summed E-state index contributed by atoms with van der Waals surface area (Å²) in [5, 5.41) is 10.1. The first-order valence-corrected chi connectivity index (χ1v) is 12.0. The molecule has 1 aliphatic heterocycles. The third-order valence-corrected chi connectivity index (χ3v) is 6.73. The Kier molecular flexibility index (Phi) is 7.76. The second kappa shape index (κ2) is 11.0. The van der Waals surface area contributed by atoms with E-state index in [-0.39, 0.29) is 24.5 Å². The SMILES string of the molecule is CN(C(=O)O)[C@H](Cc1ccc(Cl)cc1)C(=O)N1CCN(CCC(=O)c2ccc3[nH]c(=O)oc3c2)CC1. The van der Waals surface area contributed by atoms with Crippen LogP contribution in [0, 0.1) is 0 Å². The topological polar surface area (TPSA) is 127 Å². The maximum Gasteiger partial charge on any atom is 0.417 e. The summed E-state index contributed by atoms with van der Waals surface area (Å²) >= 11 is 5.94. The van der Waals surface area contributed by atoms with Gasteiger partial charge in [0.15, 0.2) is 11.4 Å². The highest BCUT2D eigenvalue weighted by Gasteiger charge is 2.32. The van der Waals surface area contributed by atoms with Crippen molar-refractivity contribution in [3.63, 3.8) is 0 Å². The number of halogens is 1. The average Bonchev–Trinajstić information content (AvgIpc) is 3.25. The molecule has 1 saturated heterocycles. The summed E-state index contributed by atoms with van der Waals surface area (Å²) in [5.74, 6) is -0.871. The van der Waals surface area contributed by atoms with Crippen LogP contribution in [0.2, 0.25) is 5.02 Å². The lowest BCUT2D eigenvalue weighted by Gasteiger charge is -2.37. The number of carboxylic acid groups (broad SMARTS) is 1. The lowest BCUT2D eigenvalue weighted by molar-refractivity contribution is -0.137. The number of likely N-dealkylation sites (N-methyl/N-ethyl adjacent to an activating group) is 1. The second-order valence-electron chi connectivity index (χ2n) is 8.81. The number of nitrogens with zero attached hydrogens (tertiary/aromatic N) is 3. The van der Waals surface area contributed by atoms with Crippen LogP contribution in [-0.4, -0.2) is 88.4 Å². The molecule has 36 heavy (non-hydrogen) atoms. The normalized spacial score (nSPS) is 15.1. The first-order chi connectivity index (χ1) is 17.2. The molecule has 2 N–H and O–H groups in total. The van der Waals surface area contributed by atoms with Crippen LogP contribution < -0.4 is 5.76 Å². The molecule has 1 fully saturated rings. The van der Waals surface area contributed by atoms with Gasteiger partial charge in [0.2, 0.25) is 5.91 Å². The molecule has 1 aliphatic rings. The molecule has 0 unspecified atom stereocenters. The van der Waals surface area contributed by atoms with Crippen LogP contribution >= 0.6 is 11.6 Å². The molecule has 1 aromatic heterocycles. The van der Waals surface area contributed by atoms with Gasteiger partial charge in [-0.2, -0.15) is 0 Å². The van der Waals surface area contributed by atoms with E-state index in [4.69, 9.17) is 16.0 Å². The van der Waals surface area contributed by atoms with Gasteiger partial charge < -0.3 is 14.4 Å². The second-order valence-corrected chi connectivity index (χ2v) is 9.24. The number of benzene rings is 2. The predicted molar refractivity (Wildman–Crippen MR) is 134 cm³/mol. The Morgan fingerprint density at radius 2 is 1.81 bits per heavy atom. The van der Waals surface area contributed by atoms with Crippen LogP contribution in [-0.2, 0) is 11.2 Å². The summed E-state index contributed by atoms with van der Waals surface area (Å²) in [4.78, 5) is 56.2. The molecule has 1 atom stereocenters. The Bertz CT molecular complexity index is 1310. The smallest absolute Gasteiger partial charge is 0.417 e. The minimum atomic E-state index is -1.17. The van der Waals surface area contributed by atoms with E-state index in [0.29, 0.717) is 54.4 Å². The molecule has 0 spiro atoms. The fourth-order valence-electron chi connectivity index (χ4n) is 4.29. The molecule has 0 radical (unpaired) electrons. The van der Waals surface area contributed by atoms with E-state index in [2.05, 4.69) is 9.88 Å². The van der Waals surface area contributed by atoms with Gasteiger partial charge in [0.05, 0.1) is 5.52 Å². The van der Waals surface area contributed by atoms with E-state index >= 15 is 0 Å². The number of piperazine rings is 1. The number of Topliss-reactive ketones (excluding diaryl/α,β-unsaturated/α-hetero) is 1. The molecule has 2 aromatic carbocycles. The maximum absolute atomic E-state index is 13.3. The van der Waals surface area contributed by atoms with Crippen LogP contribution in [0.1, 0.15) is 22.3 Å². The zero-order chi connectivity index (χ0) is 25.8. The number of ketones is 1. The lowest BCUT2D eigenvalue weighted by atomic mass is 10.0. The number of oxazole rings is 1. The average molecular weight is 515 g/mol. The van der Waals surface area contributed by atoms with E-state index in [0.717, 1.165) is 10.5 Å². The van der Waals surface area contributed by atoms with E-state index < -0.39 is 17.9 Å². The summed E-state index contributed by atoms with van der Waals surface area (Å²) in [7, 11) is 1.40. The maximum atomic E-state index is 13.3. The summed E-state index contributed by atoms with van der Waals surface area (Å²) in [6, 6.07) is 11.0. The molecule has 2 heterocycles. The fraction of sp³-hybridized carbons (Fsp3) is 0.360. The van der Waals surface area contributed by atoms with Gasteiger partial charge in [-0.15, -0.1) is 0 Å². The summed E-state index contributed by atoms with van der Waals surface area (Å²) in [5.41, 5.74) is 2.18. The minimum absolute atomic E-state index is 0.0645. The minimum Gasteiger partial charge on any atom is -0.465 e. The summed E-state index contributed by atoms with van der Waals surface area (Å²) in [6.07, 6.45) is -0.634. The van der Waals surface area contributed by atoms with Crippen molar-refractivity contribution in [1.29, 1.82) is 0 Å². The number of hydrogen-bond donors (Lipinski definition) is 2. The van der Waals surface area contributed by atoms with Gasteiger partial charge in [-0.25, -0.2) is 9.59 Å². The van der Waals surface area contributed by atoms with Gasteiger partial charge in [-0.3, -0.25) is 24.4 Å².